The maximum atomic E-state index is 13.1. The van der Waals surface area contributed by atoms with Crippen molar-refractivity contribution in [1.82, 2.24) is 4.90 Å². The Kier molecular flexibility index (Phi) is 4.77. The monoisotopic (exact) mass is 426 g/mol. The highest BCUT2D eigenvalue weighted by Gasteiger charge is 2.53. The van der Waals surface area contributed by atoms with Gasteiger partial charge in [-0.2, -0.15) is 0 Å². The number of hydrogen-bond donors (Lipinski definition) is 1. The van der Waals surface area contributed by atoms with Crippen molar-refractivity contribution in [2.75, 3.05) is 31.6 Å². The third kappa shape index (κ3) is 3.31. The summed E-state index contributed by atoms with van der Waals surface area (Å²) in [5, 5.41) is 3.09. The summed E-state index contributed by atoms with van der Waals surface area (Å²) in [6.07, 6.45) is 1.84. The van der Waals surface area contributed by atoms with Gasteiger partial charge in [0.2, 0.25) is 11.8 Å². The average molecular weight is 426 g/mol. The van der Waals surface area contributed by atoms with Crippen LogP contribution in [0.4, 0.5) is 5.69 Å². The van der Waals surface area contributed by atoms with E-state index >= 15 is 0 Å². The van der Waals surface area contributed by atoms with Gasteiger partial charge < -0.3 is 24.3 Å². The van der Waals surface area contributed by atoms with Crippen LogP contribution < -0.4 is 10.8 Å². The molecular formula is C23H31BN2O5. The number of carbonyl (C=O) groups excluding carboxylic acids is 2. The minimum atomic E-state index is -0.555. The molecule has 4 aliphatic heterocycles. The number of amides is 2. The second-order valence-corrected chi connectivity index (χ2v) is 10.4. The van der Waals surface area contributed by atoms with Crippen LogP contribution in [0.1, 0.15) is 52.5 Å². The number of carbonyl (C=O) groups is 2. The lowest BCUT2D eigenvalue weighted by atomic mass is 9.71. The first kappa shape index (κ1) is 21.0. The van der Waals surface area contributed by atoms with Gasteiger partial charge in [-0.3, -0.25) is 9.59 Å². The number of nitrogens with one attached hydrogen (secondary N) is 1. The van der Waals surface area contributed by atoms with Crippen molar-refractivity contribution < 1.29 is 23.6 Å². The van der Waals surface area contributed by atoms with Gasteiger partial charge in [-0.15, -0.1) is 0 Å². The number of benzene rings is 1. The summed E-state index contributed by atoms with van der Waals surface area (Å²) in [7, 11) is -0.460. The van der Waals surface area contributed by atoms with Crippen LogP contribution in [0.25, 0.3) is 0 Å². The molecule has 0 radical (unpaired) electrons. The molecule has 4 aliphatic rings. The molecule has 7 nitrogen and oxygen atoms in total. The number of likely N-dealkylation sites (tertiary alicyclic amines) is 1. The molecule has 3 saturated heterocycles. The molecule has 0 aromatic heterocycles. The van der Waals surface area contributed by atoms with Crippen LogP contribution >= 0.6 is 0 Å². The molecule has 4 heterocycles. The molecule has 5 rings (SSSR count). The average Bonchev–Trinajstić information content (AvgIpc) is 3.07. The quantitative estimate of drug-likeness (QED) is 0.747. The maximum Gasteiger partial charge on any atom is 0.494 e. The third-order valence-corrected chi connectivity index (χ3v) is 7.91. The van der Waals surface area contributed by atoms with Crippen LogP contribution in [0, 0.1) is 5.92 Å². The van der Waals surface area contributed by atoms with E-state index in [0.717, 1.165) is 16.7 Å². The highest BCUT2D eigenvalue weighted by molar-refractivity contribution is 6.62. The number of fused-ring (bicyclic) bond motifs is 2. The second-order valence-electron chi connectivity index (χ2n) is 10.4. The zero-order chi connectivity index (χ0) is 22.0. The molecule has 0 atom stereocenters. The second kappa shape index (κ2) is 7.05. The molecular weight excluding hydrogens is 395 g/mol. The van der Waals surface area contributed by atoms with Gasteiger partial charge in [-0.05, 0) is 57.6 Å². The lowest BCUT2D eigenvalue weighted by molar-refractivity contribution is -0.139. The van der Waals surface area contributed by atoms with Crippen molar-refractivity contribution in [2.24, 2.45) is 5.92 Å². The summed E-state index contributed by atoms with van der Waals surface area (Å²) < 4.78 is 17.5. The van der Waals surface area contributed by atoms with E-state index in [-0.39, 0.29) is 11.8 Å². The summed E-state index contributed by atoms with van der Waals surface area (Å²) >= 11 is 0. The Morgan fingerprint density at radius 1 is 1.13 bits per heavy atom. The molecule has 0 unspecified atom stereocenters. The highest BCUT2D eigenvalue weighted by atomic mass is 16.7. The highest BCUT2D eigenvalue weighted by Crippen LogP contribution is 2.45. The number of ether oxygens (including phenoxy) is 1. The SMILES string of the molecule is CC1(C)OB(c2ccc3c(c2)NC(=O)C32CCN(C(=O)CC3COC3)CC2)OC1(C)C. The summed E-state index contributed by atoms with van der Waals surface area (Å²) in [6, 6.07) is 6.03. The molecule has 2 amide bonds. The Morgan fingerprint density at radius 2 is 1.77 bits per heavy atom. The smallest absolute Gasteiger partial charge is 0.399 e. The molecule has 0 bridgehead atoms. The van der Waals surface area contributed by atoms with Gasteiger partial charge in [0.1, 0.15) is 0 Å². The van der Waals surface area contributed by atoms with E-state index in [2.05, 4.69) is 5.32 Å². The molecule has 1 N–H and O–H groups in total. The predicted octanol–water partition coefficient (Wildman–Crippen LogP) is 1.83. The van der Waals surface area contributed by atoms with Crippen molar-refractivity contribution >= 4 is 30.1 Å². The van der Waals surface area contributed by atoms with E-state index in [9.17, 15) is 9.59 Å². The van der Waals surface area contributed by atoms with Crippen LogP contribution in [0.3, 0.4) is 0 Å². The van der Waals surface area contributed by atoms with E-state index in [1.165, 1.54) is 0 Å². The number of nitrogens with zero attached hydrogens (tertiary/aromatic N) is 1. The minimum absolute atomic E-state index is 0.0352. The normalized spacial score (nSPS) is 26.0. The molecule has 31 heavy (non-hydrogen) atoms. The van der Waals surface area contributed by atoms with Crippen LogP contribution in [0.15, 0.2) is 18.2 Å². The van der Waals surface area contributed by atoms with E-state index < -0.39 is 23.7 Å². The summed E-state index contributed by atoms with van der Waals surface area (Å²) in [5.41, 5.74) is 1.39. The summed E-state index contributed by atoms with van der Waals surface area (Å²) in [5.74, 6) is 0.568. The minimum Gasteiger partial charge on any atom is -0.399 e. The number of hydrogen-bond acceptors (Lipinski definition) is 5. The third-order valence-electron chi connectivity index (χ3n) is 7.91. The topological polar surface area (TPSA) is 77.1 Å². The van der Waals surface area contributed by atoms with Crippen LogP contribution in [0.2, 0.25) is 0 Å². The Labute approximate surface area is 183 Å². The van der Waals surface area contributed by atoms with E-state index in [0.29, 0.717) is 51.5 Å². The van der Waals surface area contributed by atoms with Gasteiger partial charge in [0.05, 0.1) is 29.8 Å². The number of rotatable bonds is 3. The van der Waals surface area contributed by atoms with Gasteiger partial charge >= 0.3 is 7.12 Å². The van der Waals surface area contributed by atoms with Crippen molar-refractivity contribution in [3.63, 3.8) is 0 Å². The number of piperidine rings is 1. The molecule has 1 aromatic rings. The van der Waals surface area contributed by atoms with Gasteiger partial charge in [0.25, 0.3) is 0 Å². The zero-order valence-electron chi connectivity index (χ0n) is 18.8. The Hall–Kier alpha value is -1.90. The van der Waals surface area contributed by atoms with Crippen molar-refractivity contribution in [3.8, 4) is 0 Å². The van der Waals surface area contributed by atoms with Gasteiger partial charge in [-0.1, -0.05) is 12.1 Å². The lowest BCUT2D eigenvalue weighted by Gasteiger charge is -2.39. The van der Waals surface area contributed by atoms with Crippen molar-refractivity contribution in [1.29, 1.82) is 0 Å². The van der Waals surface area contributed by atoms with Crippen molar-refractivity contribution in [2.45, 2.75) is 63.6 Å². The first-order chi connectivity index (χ1) is 14.6. The standard InChI is InChI=1S/C23H31BN2O5/c1-21(2)22(3,4)31-24(30-21)16-5-6-17-18(12-16)25-20(28)23(17)7-9-26(10-8-23)19(27)11-15-13-29-14-15/h5-6,12,15H,7-11,13-14H2,1-4H3,(H,25,28). The molecule has 166 valence electrons. The van der Waals surface area contributed by atoms with Gasteiger partial charge in [0, 0.05) is 31.1 Å². The Balaban J connectivity index is 1.32. The fraction of sp³-hybridized carbons (Fsp3) is 0.652. The largest absolute Gasteiger partial charge is 0.494 e. The van der Waals surface area contributed by atoms with Gasteiger partial charge in [-0.25, -0.2) is 0 Å². The van der Waals surface area contributed by atoms with Crippen LogP contribution in [-0.4, -0.2) is 61.3 Å². The summed E-state index contributed by atoms with van der Waals surface area (Å²) in [4.78, 5) is 27.5. The Morgan fingerprint density at radius 3 is 2.35 bits per heavy atom. The van der Waals surface area contributed by atoms with E-state index in [1.807, 2.05) is 50.8 Å². The zero-order valence-corrected chi connectivity index (χ0v) is 18.8. The first-order valence-electron chi connectivity index (χ1n) is 11.3. The van der Waals surface area contributed by atoms with Gasteiger partial charge in [0.15, 0.2) is 0 Å². The lowest BCUT2D eigenvalue weighted by Crippen LogP contribution is -2.49. The fourth-order valence-electron chi connectivity index (χ4n) is 4.99. The molecule has 0 aliphatic carbocycles. The summed E-state index contributed by atoms with van der Waals surface area (Å²) in [6.45, 7) is 10.7. The maximum absolute atomic E-state index is 13.1. The molecule has 1 aromatic carbocycles. The van der Waals surface area contributed by atoms with Crippen molar-refractivity contribution in [3.05, 3.63) is 23.8 Å². The van der Waals surface area contributed by atoms with E-state index in [4.69, 9.17) is 14.0 Å². The Bertz CT molecular complexity index is 903. The fourth-order valence-corrected chi connectivity index (χ4v) is 4.99. The van der Waals surface area contributed by atoms with Crippen LogP contribution in [-0.2, 0) is 29.0 Å². The van der Waals surface area contributed by atoms with E-state index in [1.54, 1.807) is 0 Å². The molecule has 1 spiro atoms. The molecule has 0 saturated carbocycles. The molecule has 3 fully saturated rings. The predicted molar refractivity (Wildman–Crippen MR) is 117 cm³/mol. The number of anilines is 1. The molecule has 8 heteroatoms. The van der Waals surface area contributed by atoms with Crippen LogP contribution in [0.5, 0.6) is 0 Å². The first-order valence-corrected chi connectivity index (χ1v) is 11.3.